The summed E-state index contributed by atoms with van der Waals surface area (Å²) >= 11 is 0. The maximum atomic E-state index is 13.1. The van der Waals surface area contributed by atoms with E-state index in [0.29, 0.717) is 11.3 Å². The fourth-order valence-corrected chi connectivity index (χ4v) is 2.27. The van der Waals surface area contributed by atoms with E-state index in [1.54, 1.807) is 31.9 Å². The lowest BCUT2D eigenvalue weighted by atomic mass is 9.96. The van der Waals surface area contributed by atoms with E-state index in [-0.39, 0.29) is 5.56 Å². The third kappa shape index (κ3) is 2.67. The first-order valence-electron chi connectivity index (χ1n) is 6.03. The van der Waals surface area contributed by atoms with E-state index in [0.717, 1.165) is 12.3 Å². The summed E-state index contributed by atoms with van der Waals surface area (Å²) in [4.78, 5) is 3.82. The van der Waals surface area contributed by atoms with Gasteiger partial charge < -0.3 is 5.32 Å². The molecule has 0 spiro atoms. The molecule has 0 radical (unpaired) electrons. The Kier molecular flexibility index (Phi) is 3.80. The van der Waals surface area contributed by atoms with Gasteiger partial charge in [-0.3, -0.25) is 9.67 Å². The van der Waals surface area contributed by atoms with Gasteiger partial charge in [-0.25, -0.2) is 0 Å². The van der Waals surface area contributed by atoms with E-state index in [1.807, 2.05) is 0 Å². The van der Waals surface area contributed by atoms with Gasteiger partial charge in [-0.1, -0.05) is 0 Å². The lowest BCUT2D eigenvalue weighted by Crippen LogP contribution is -2.22. The molecule has 0 aliphatic carbocycles. The molecule has 0 bridgehead atoms. The van der Waals surface area contributed by atoms with Crippen molar-refractivity contribution in [2.45, 2.75) is 19.1 Å². The molecule has 0 saturated carbocycles. The summed E-state index contributed by atoms with van der Waals surface area (Å²) in [6, 6.07) is 0.389. The van der Waals surface area contributed by atoms with Crippen LogP contribution in [0.4, 0.5) is 13.2 Å². The Balaban J connectivity index is 2.56. The summed E-state index contributed by atoms with van der Waals surface area (Å²) in [5, 5.41) is 7.08. The van der Waals surface area contributed by atoms with Crippen LogP contribution < -0.4 is 5.32 Å². The Morgan fingerprint density at radius 1 is 1.30 bits per heavy atom. The van der Waals surface area contributed by atoms with Gasteiger partial charge >= 0.3 is 6.18 Å². The molecule has 2 aromatic rings. The van der Waals surface area contributed by atoms with Crippen molar-refractivity contribution in [3.05, 3.63) is 47.0 Å². The van der Waals surface area contributed by atoms with E-state index < -0.39 is 17.8 Å². The van der Waals surface area contributed by atoms with Gasteiger partial charge in [0.25, 0.3) is 0 Å². The first kappa shape index (κ1) is 14.5. The second-order valence-corrected chi connectivity index (χ2v) is 4.53. The van der Waals surface area contributed by atoms with Gasteiger partial charge in [0.15, 0.2) is 0 Å². The SMILES string of the molecule is CNC(c1cnccc1C(F)(F)F)c1cn(C)nc1C. The van der Waals surface area contributed by atoms with Crippen LogP contribution in [-0.2, 0) is 13.2 Å². The number of alkyl halides is 3. The maximum Gasteiger partial charge on any atom is 0.416 e. The second kappa shape index (κ2) is 5.24. The monoisotopic (exact) mass is 284 g/mol. The van der Waals surface area contributed by atoms with Gasteiger partial charge in [-0.2, -0.15) is 18.3 Å². The van der Waals surface area contributed by atoms with Crippen molar-refractivity contribution in [2.24, 2.45) is 7.05 Å². The number of halogens is 3. The van der Waals surface area contributed by atoms with E-state index in [4.69, 9.17) is 0 Å². The molecule has 1 N–H and O–H groups in total. The average molecular weight is 284 g/mol. The normalized spacial score (nSPS) is 13.5. The molecular formula is C13H15F3N4. The first-order chi connectivity index (χ1) is 9.34. The molecule has 2 aromatic heterocycles. The summed E-state index contributed by atoms with van der Waals surface area (Å²) < 4.78 is 40.9. The maximum absolute atomic E-state index is 13.1. The fourth-order valence-electron chi connectivity index (χ4n) is 2.27. The molecule has 0 fully saturated rings. The molecule has 2 heterocycles. The molecule has 0 aliphatic rings. The number of rotatable bonds is 3. The Labute approximate surface area is 114 Å². The second-order valence-electron chi connectivity index (χ2n) is 4.53. The Morgan fingerprint density at radius 2 is 2.00 bits per heavy atom. The fraction of sp³-hybridized carbons (Fsp3) is 0.385. The van der Waals surface area contributed by atoms with Gasteiger partial charge in [-0.05, 0) is 20.0 Å². The highest BCUT2D eigenvalue weighted by Gasteiger charge is 2.35. The van der Waals surface area contributed by atoms with Crippen molar-refractivity contribution < 1.29 is 13.2 Å². The molecule has 0 saturated heterocycles. The average Bonchev–Trinajstić information content (AvgIpc) is 2.69. The largest absolute Gasteiger partial charge is 0.416 e. The van der Waals surface area contributed by atoms with Gasteiger partial charge in [0.05, 0.1) is 17.3 Å². The molecule has 0 aromatic carbocycles. The van der Waals surface area contributed by atoms with Gasteiger partial charge in [0, 0.05) is 36.8 Å². The Morgan fingerprint density at radius 3 is 2.50 bits per heavy atom. The third-order valence-electron chi connectivity index (χ3n) is 3.12. The van der Waals surface area contributed by atoms with Gasteiger partial charge in [0.1, 0.15) is 0 Å². The van der Waals surface area contributed by atoms with Crippen LogP contribution >= 0.6 is 0 Å². The number of nitrogens with one attached hydrogen (secondary N) is 1. The van der Waals surface area contributed by atoms with E-state index in [9.17, 15) is 13.2 Å². The predicted molar refractivity (Wildman–Crippen MR) is 68.1 cm³/mol. The predicted octanol–water partition coefficient (Wildman–Crippen LogP) is 2.45. The first-order valence-corrected chi connectivity index (χ1v) is 6.03. The summed E-state index contributed by atoms with van der Waals surface area (Å²) in [7, 11) is 3.35. The van der Waals surface area contributed by atoms with Crippen molar-refractivity contribution in [1.29, 1.82) is 0 Å². The summed E-state index contributed by atoms with van der Waals surface area (Å²) in [6.07, 6.45) is -0.307. The van der Waals surface area contributed by atoms with E-state index >= 15 is 0 Å². The Hall–Kier alpha value is -1.89. The lowest BCUT2D eigenvalue weighted by Gasteiger charge is -2.20. The van der Waals surface area contributed by atoms with Crippen molar-refractivity contribution >= 4 is 0 Å². The van der Waals surface area contributed by atoms with Gasteiger partial charge in [0.2, 0.25) is 0 Å². The molecule has 108 valence electrons. The summed E-state index contributed by atoms with van der Waals surface area (Å²) in [6.45, 7) is 1.77. The standard InChI is InChI=1S/C13H15F3N4/c1-8-10(7-20(3)19-8)12(17-2)9-6-18-5-4-11(9)13(14,15)16/h4-7,12,17H,1-3H3. The zero-order valence-corrected chi connectivity index (χ0v) is 11.4. The number of nitrogens with zero attached hydrogens (tertiary/aromatic N) is 3. The molecule has 0 aliphatic heterocycles. The lowest BCUT2D eigenvalue weighted by molar-refractivity contribution is -0.138. The molecule has 2 rings (SSSR count). The molecule has 20 heavy (non-hydrogen) atoms. The minimum Gasteiger partial charge on any atom is -0.309 e. The van der Waals surface area contributed by atoms with Crippen molar-refractivity contribution in [1.82, 2.24) is 20.1 Å². The zero-order valence-electron chi connectivity index (χ0n) is 11.4. The number of aromatic nitrogens is 3. The van der Waals surface area contributed by atoms with Crippen molar-refractivity contribution in [2.75, 3.05) is 7.05 Å². The van der Waals surface area contributed by atoms with Crippen molar-refractivity contribution in [3.63, 3.8) is 0 Å². The minimum absolute atomic E-state index is 0.0959. The van der Waals surface area contributed by atoms with Crippen LogP contribution in [0.2, 0.25) is 0 Å². The quantitative estimate of drug-likeness (QED) is 0.941. The molecule has 1 unspecified atom stereocenters. The van der Waals surface area contributed by atoms with Crippen LogP contribution in [0.15, 0.2) is 24.7 Å². The van der Waals surface area contributed by atoms with Crippen LogP contribution in [0.25, 0.3) is 0 Å². The Bertz CT molecular complexity index is 604. The third-order valence-corrected chi connectivity index (χ3v) is 3.12. The van der Waals surface area contributed by atoms with E-state index in [1.165, 1.54) is 6.20 Å². The smallest absolute Gasteiger partial charge is 0.309 e. The van der Waals surface area contributed by atoms with E-state index in [2.05, 4.69) is 15.4 Å². The summed E-state index contributed by atoms with van der Waals surface area (Å²) in [5.74, 6) is 0. The molecule has 0 amide bonds. The van der Waals surface area contributed by atoms with Crippen molar-refractivity contribution in [3.8, 4) is 0 Å². The zero-order chi connectivity index (χ0) is 14.9. The van der Waals surface area contributed by atoms with Crippen LogP contribution in [0.1, 0.15) is 28.4 Å². The topological polar surface area (TPSA) is 42.7 Å². The summed E-state index contributed by atoms with van der Waals surface area (Å²) in [5.41, 5.74) is 0.797. The number of pyridine rings is 1. The van der Waals surface area contributed by atoms with Crippen LogP contribution in [0, 0.1) is 6.92 Å². The number of hydrogen-bond acceptors (Lipinski definition) is 3. The number of hydrogen-bond donors (Lipinski definition) is 1. The van der Waals surface area contributed by atoms with Gasteiger partial charge in [-0.15, -0.1) is 0 Å². The minimum atomic E-state index is -4.41. The van der Waals surface area contributed by atoms with Crippen LogP contribution in [0.5, 0.6) is 0 Å². The number of aryl methyl sites for hydroxylation is 2. The highest BCUT2D eigenvalue weighted by Crippen LogP contribution is 2.36. The highest BCUT2D eigenvalue weighted by molar-refractivity contribution is 5.37. The van der Waals surface area contributed by atoms with Crippen LogP contribution in [-0.4, -0.2) is 21.8 Å². The molecule has 1 atom stereocenters. The molecular weight excluding hydrogens is 269 g/mol. The molecule has 7 heteroatoms. The highest BCUT2D eigenvalue weighted by atomic mass is 19.4. The van der Waals surface area contributed by atoms with Crippen LogP contribution in [0.3, 0.4) is 0 Å². The molecule has 4 nitrogen and oxygen atoms in total.